The van der Waals surface area contributed by atoms with Gasteiger partial charge < -0.3 is 5.32 Å². The highest BCUT2D eigenvalue weighted by atomic mass is 35.5. The number of aromatic nitrogens is 2. The molecule has 1 aromatic carbocycles. The highest BCUT2D eigenvalue weighted by molar-refractivity contribution is 7.71. The van der Waals surface area contributed by atoms with Crippen molar-refractivity contribution in [2.45, 2.75) is 6.92 Å². The summed E-state index contributed by atoms with van der Waals surface area (Å²) in [6.07, 6.45) is 2.64. The van der Waals surface area contributed by atoms with Gasteiger partial charge in [-0.15, -0.1) is 0 Å². The Kier molecular flexibility index (Phi) is 5.25. The number of carbonyl (C=O) groups excluding carboxylic acids is 2. The quantitative estimate of drug-likeness (QED) is 0.384. The largest absolute Gasteiger partial charge is 0.322 e. The summed E-state index contributed by atoms with van der Waals surface area (Å²) < 4.78 is 1.39. The van der Waals surface area contributed by atoms with Gasteiger partial charge in [-0.3, -0.25) is 23.9 Å². The third-order valence-electron chi connectivity index (χ3n) is 2.85. The summed E-state index contributed by atoms with van der Waals surface area (Å²) >= 11 is 10.8. The molecule has 6 nitrogen and oxygen atoms in total. The summed E-state index contributed by atoms with van der Waals surface area (Å²) in [7, 11) is 0. The second-order valence-corrected chi connectivity index (χ2v) is 5.40. The lowest BCUT2D eigenvalue weighted by Crippen LogP contribution is -2.20. The number of Topliss-reactive ketones (excluding diaryl/α,β-unsaturated/α-hetero) is 1. The average Bonchev–Trinajstić information content (AvgIpc) is 2.48. The third kappa shape index (κ3) is 4.48. The zero-order chi connectivity index (χ0) is 17.0. The smallest absolute Gasteiger partial charge is 0.260 e. The van der Waals surface area contributed by atoms with E-state index >= 15 is 0 Å². The number of ketones is 1. The van der Waals surface area contributed by atoms with Gasteiger partial charge in [0.05, 0.1) is 5.57 Å². The first-order valence-corrected chi connectivity index (χ1v) is 7.26. The molecule has 0 aliphatic carbocycles. The molecule has 1 aromatic heterocycles. The Bertz CT molecular complexity index is 897. The minimum atomic E-state index is -0.590. The van der Waals surface area contributed by atoms with Crippen LogP contribution in [0.4, 0.5) is 5.69 Å². The van der Waals surface area contributed by atoms with Crippen molar-refractivity contribution in [2.24, 2.45) is 0 Å². The monoisotopic (exact) mass is 349 g/mol. The number of hydrogen-bond acceptors (Lipinski definition) is 4. The maximum atomic E-state index is 12.3. The zero-order valence-electron chi connectivity index (χ0n) is 12.0. The molecule has 0 aliphatic heterocycles. The van der Waals surface area contributed by atoms with Crippen LogP contribution in [0.2, 0.25) is 5.02 Å². The number of H-pyrrole nitrogens is 1. The van der Waals surface area contributed by atoms with E-state index in [0.717, 1.165) is 0 Å². The van der Waals surface area contributed by atoms with Crippen molar-refractivity contribution in [1.82, 2.24) is 9.55 Å². The highest BCUT2D eigenvalue weighted by Crippen LogP contribution is 2.14. The van der Waals surface area contributed by atoms with Crippen LogP contribution in [0.5, 0.6) is 0 Å². The molecule has 2 aromatic rings. The van der Waals surface area contributed by atoms with Gasteiger partial charge in [-0.2, -0.15) is 0 Å². The predicted octanol–water partition coefficient (Wildman–Crippen LogP) is 2.63. The average molecular weight is 350 g/mol. The summed E-state index contributed by atoms with van der Waals surface area (Å²) in [5.41, 5.74) is 0.0226. The normalized spacial score (nSPS) is 11.1. The number of halogens is 1. The lowest BCUT2D eigenvalue weighted by molar-refractivity contribution is -0.118. The molecule has 0 spiro atoms. The fourth-order valence-electron chi connectivity index (χ4n) is 1.71. The van der Waals surface area contributed by atoms with E-state index in [1.807, 2.05) is 0 Å². The standard InChI is InChI=1S/C15H12ClN3O3S/c1-9(20)12(8-19-7-6-13(21)18-15(19)23)14(22)17-11-4-2-10(16)3-5-11/h2-8H,1H3,(H,17,22)(H,18,21,23). The van der Waals surface area contributed by atoms with Gasteiger partial charge in [0.1, 0.15) is 0 Å². The first-order chi connectivity index (χ1) is 10.9. The Morgan fingerprint density at radius 3 is 2.48 bits per heavy atom. The molecule has 23 heavy (non-hydrogen) atoms. The Labute approximate surface area is 141 Å². The molecule has 1 amide bonds. The van der Waals surface area contributed by atoms with Gasteiger partial charge in [0.2, 0.25) is 0 Å². The number of nitrogens with one attached hydrogen (secondary N) is 2. The van der Waals surface area contributed by atoms with Crippen LogP contribution >= 0.6 is 23.8 Å². The topological polar surface area (TPSA) is 84.0 Å². The Balaban J connectivity index is 2.34. The maximum Gasteiger partial charge on any atom is 0.260 e. The van der Waals surface area contributed by atoms with E-state index < -0.39 is 11.7 Å². The van der Waals surface area contributed by atoms with Gasteiger partial charge in [-0.05, 0) is 43.4 Å². The van der Waals surface area contributed by atoms with Crippen LogP contribution in [0.15, 0.2) is 46.9 Å². The number of rotatable bonds is 4. The predicted molar refractivity (Wildman–Crippen MR) is 90.9 cm³/mol. The highest BCUT2D eigenvalue weighted by Gasteiger charge is 2.15. The van der Waals surface area contributed by atoms with E-state index in [1.165, 1.54) is 30.0 Å². The molecule has 0 fully saturated rings. The Morgan fingerprint density at radius 1 is 1.26 bits per heavy atom. The minimum absolute atomic E-state index is 0.0792. The van der Waals surface area contributed by atoms with E-state index in [9.17, 15) is 14.4 Å². The summed E-state index contributed by atoms with van der Waals surface area (Å²) in [5, 5.41) is 3.13. The number of aromatic amines is 1. The summed E-state index contributed by atoms with van der Waals surface area (Å²) in [5.74, 6) is -1.03. The van der Waals surface area contributed by atoms with Crippen molar-refractivity contribution >= 4 is 47.4 Å². The fourth-order valence-corrected chi connectivity index (χ4v) is 2.05. The van der Waals surface area contributed by atoms with Gasteiger partial charge in [-0.25, -0.2) is 0 Å². The third-order valence-corrected chi connectivity index (χ3v) is 3.41. The van der Waals surface area contributed by atoms with Crippen molar-refractivity contribution in [1.29, 1.82) is 0 Å². The lowest BCUT2D eigenvalue weighted by atomic mass is 10.2. The number of hydrogen-bond donors (Lipinski definition) is 2. The van der Waals surface area contributed by atoms with Crippen LogP contribution in [0, 0.1) is 4.77 Å². The van der Waals surface area contributed by atoms with Crippen LogP contribution in [-0.4, -0.2) is 21.2 Å². The van der Waals surface area contributed by atoms with E-state index in [-0.39, 0.29) is 15.9 Å². The van der Waals surface area contributed by atoms with Gasteiger partial charge in [0.15, 0.2) is 10.6 Å². The summed E-state index contributed by atoms with van der Waals surface area (Å²) in [6.45, 7) is 1.27. The first kappa shape index (κ1) is 16.9. The van der Waals surface area contributed by atoms with E-state index in [1.54, 1.807) is 24.3 Å². The second kappa shape index (κ2) is 7.17. The molecule has 8 heteroatoms. The number of carbonyl (C=O) groups is 2. The molecule has 1 heterocycles. The van der Waals surface area contributed by atoms with Crippen molar-refractivity contribution < 1.29 is 9.59 Å². The summed E-state index contributed by atoms with van der Waals surface area (Å²) in [6, 6.07) is 7.70. The van der Waals surface area contributed by atoms with E-state index in [0.29, 0.717) is 10.7 Å². The molecule has 0 bridgehead atoms. The zero-order valence-corrected chi connectivity index (χ0v) is 13.6. The molecule has 2 rings (SSSR count). The fraction of sp³-hybridized carbons (Fsp3) is 0.0667. The van der Waals surface area contributed by atoms with Gasteiger partial charge in [0, 0.05) is 29.2 Å². The molecule has 0 unspecified atom stereocenters. The van der Waals surface area contributed by atoms with Crippen molar-refractivity contribution in [3.05, 3.63) is 62.2 Å². The Hall–Kier alpha value is -2.51. The molecule has 0 saturated carbocycles. The van der Waals surface area contributed by atoms with Crippen LogP contribution < -0.4 is 10.9 Å². The van der Waals surface area contributed by atoms with Crippen LogP contribution in [0.3, 0.4) is 0 Å². The van der Waals surface area contributed by atoms with Gasteiger partial charge in [0.25, 0.3) is 11.5 Å². The van der Waals surface area contributed by atoms with Crippen LogP contribution in [0.25, 0.3) is 6.20 Å². The molecule has 0 aliphatic rings. The molecule has 0 atom stereocenters. The second-order valence-electron chi connectivity index (χ2n) is 4.58. The first-order valence-electron chi connectivity index (χ1n) is 6.48. The molecule has 0 radical (unpaired) electrons. The number of benzene rings is 1. The molecule has 0 saturated heterocycles. The van der Waals surface area contributed by atoms with Crippen molar-refractivity contribution in [2.75, 3.05) is 5.32 Å². The van der Waals surface area contributed by atoms with Crippen LogP contribution in [0.1, 0.15) is 6.92 Å². The Morgan fingerprint density at radius 2 is 1.91 bits per heavy atom. The maximum absolute atomic E-state index is 12.3. The SMILES string of the molecule is CC(=O)C(=Cn1ccc(=O)[nH]c1=S)C(=O)Nc1ccc(Cl)cc1. The molecular weight excluding hydrogens is 338 g/mol. The van der Waals surface area contributed by atoms with Gasteiger partial charge in [-0.1, -0.05) is 11.6 Å². The summed E-state index contributed by atoms with van der Waals surface area (Å²) in [4.78, 5) is 37.6. The molecular formula is C15H12ClN3O3S. The number of nitrogens with zero attached hydrogens (tertiary/aromatic N) is 1. The lowest BCUT2D eigenvalue weighted by Gasteiger charge is -2.08. The number of amides is 1. The van der Waals surface area contributed by atoms with E-state index in [4.69, 9.17) is 23.8 Å². The number of anilines is 1. The van der Waals surface area contributed by atoms with Crippen molar-refractivity contribution in [3.8, 4) is 0 Å². The van der Waals surface area contributed by atoms with Gasteiger partial charge >= 0.3 is 0 Å². The molecule has 2 N–H and O–H groups in total. The van der Waals surface area contributed by atoms with E-state index in [2.05, 4.69) is 10.3 Å². The minimum Gasteiger partial charge on any atom is -0.322 e. The molecule has 118 valence electrons. The van der Waals surface area contributed by atoms with Crippen LogP contribution in [-0.2, 0) is 9.59 Å². The van der Waals surface area contributed by atoms with Crippen molar-refractivity contribution in [3.63, 3.8) is 0 Å².